The van der Waals surface area contributed by atoms with Gasteiger partial charge in [-0.25, -0.2) is 0 Å². The molecule has 0 fully saturated rings. The normalized spacial score (nSPS) is 10.7. The lowest BCUT2D eigenvalue weighted by Crippen LogP contribution is -2.09. The lowest BCUT2D eigenvalue weighted by atomic mass is 10.2. The Labute approximate surface area is 126 Å². The zero-order chi connectivity index (χ0) is 14.0. The summed E-state index contributed by atoms with van der Waals surface area (Å²) < 4.78 is 2.81. The molecule has 0 aliphatic rings. The van der Waals surface area contributed by atoms with Crippen LogP contribution in [0.5, 0.6) is 0 Å². The molecule has 0 amide bonds. The molecule has 100 valence electrons. The lowest BCUT2D eigenvalue weighted by Gasteiger charge is -2.08. The first-order valence-corrected chi connectivity index (χ1v) is 7.08. The van der Waals surface area contributed by atoms with Gasteiger partial charge >= 0.3 is 0 Å². The number of nitrogens with zero attached hydrogens (tertiary/aromatic N) is 2. The highest BCUT2D eigenvalue weighted by Gasteiger charge is 2.06. The van der Waals surface area contributed by atoms with Gasteiger partial charge in [0.05, 0.1) is 17.6 Å². The quantitative estimate of drug-likeness (QED) is 0.836. The Morgan fingerprint density at radius 2 is 2.21 bits per heavy atom. The van der Waals surface area contributed by atoms with Crippen LogP contribution in [0.25, 0.3) is 0 Å². The number of halogens is 1. The summed E-state index contributed by atoms with van der Waals surface area (Å²) in [6.07, 6.45) is 3.77. The van der Waals surface area contributed by atoms with Crippen molar-refractivity contribution < 1.29 is 0 Å². The molecule has 1 heterocycles. The number of nitrogens with one attached hydrogen (secondary N) is 1. The maximum Gasteiger partial charge on any atom is 0.104 e. The molecular formula is C13H15BrN4S. The highest BCUT2D eigenvalue weighted by Crippen LogP contribution is 2.27. The topological polar surface area (TPSA) is 55.9 Å². The van der Waals surface area contributed by atoms with E-state index in [1.54, 1.807) is 6.20 Å². The second kappa shape index (κ2) is 5.71. The van der Waals surface area contributed by atoms with Gasteiger partial charge in [-0.3, -0.25) is 4.68 Å². The van der Waals surface area contributed by atoms with Gasteiger partial charge in [-0.2, -0.15) is 5.10 Å². The summed E-state index contributed by atoms with van der Waals surface area (Å²) in [6, 6.07) is 6.07. The van der Waals surface area contributed by atoms with Crippen LogP contribution in [-0.4, -0.2) is 14.8 Å². The van der Waals surface area contributed by atoms with Crippen molar-refractivity contribution in [3.8, 4) is 0 Å². The Kier molecular flexibility index (Phi) is 4.21. The van der Waals surface area contributed by atoms with Crippen molar-refractivity contribution in [2.24, 2.45) is 5.73 Å². The molecule has 0 saturated heterocycles. The average Bonchev–Trinajstić information content (AvgIpc) is 2.80. The molecule has 0 spiro atoms. The molecule has 0 radical (unpaired) electrons. The Morgan fingerprint density at radius 3 is 2.74 bits per heavy atom. The summed E-state index contributed by atoms with van der Waals surface area (Å²) >= 11 is 8.45. The molecule has 4 nitrogen and oxygen atoms in total. The van der Waals surface area contributed by atoms with E-state index in [9.17, 15) is 0 Å². The number of thiocarbonyl (C=S) groups is 1. The van der Waals surface area contributed by atoms with Gasteiger partial charge in [0, 0.05) is 22.3 Å². The molecule has 0 atom stereocenters. The van der Waals surface area contributed by atoms with Gasteiger partial charge in [-0.05, 0) is 48.0 Å². The molecule has 0 aliphatic carbocycles. The van der Waals surface area contributed by atoms with Gasteiger partial charge in [0.2, 0.25) is 0 Å². The molecule has 6 heteroatoms. The number of hydrogen-bond acceptors (Lipinski definition) is 3. The first-order chi connectivity index (χ1) is 8.97. The van der Waals surface area contributed by atoms with Crippen LogP contribution < -0.4 is 11.1 Å². The van der Waals surface area contributed by atoms with Crippen molar-refractivity contribution in [3.63, 3.8) is 0 Å². The van der Waals surface area contributed by atoms with Gasteiger partial charge in [0.25, 0.3) is 0 Å². The summed E-state index contributed by atoms with van der Waals surface area (Å²) in [6.45, 7) is 4.17. The molecule has 2 aromatic rings. The minimum absolute atomic E-state index is 0.344. The van der Waals surface area contributed by atoms with Crippen LogP contribution in [0.15, 0.2) is 35.1 Å². The van der Waals surface area contributed by atoms with Crippen molar-refractivity contribution >= 4 is 44.5 Å². The minimum Gasteiger partial charge on any atom is -0.389 e. The van der Waals surface area contributed by atoms with E-state index in [4.69, 9.17) is 18.0 Å². The summed E-state index contributed by atoms with van der Waals surface area (Å²) in [5.74, 6) is 0. The summed E-state index contributed by atoms with van der Waals surface area (Å²) in [5, 5.41) is 7.58. The third-order valence-electron chi connectivity index (χ3n) is 2.66. The number of aromatic nitrogens is 2. The third-order valence-corrected chi connectivity index (χ3v) is 3.55. The second-order valence-corrected chi connectivity index (χ2v) is 5.78. The van der Waals surface area contributed by atoms with Crippen molar-refractivity contribution in [1.29, 1.82) is 0 Å². The highest BCUT2D eigenvalue weighted by atomic mass is 79.9. The van der Waals surface area contributed by atoms with Gasteiger partial charge in [0.1, 0.15) is 4.99 Å². The Bertz CT molecular complexity index is 606. The van der Waals surface area contributed by atoms with Crippen LogP contribution in [0.2, 0.25) is 0 Å². The van der Waals surface area contributed by atoms with E-state index in [1.165, 1.54) is 0 Å². The van der Waals surface area contributed by atoms with Gasteiger partial charge in [0.15, 0.2) is 0 Å². The smallest absolute Gasteiger partial charge is 0.104 e. The van der Waals surface area contributed by atoms with Crippen LogP contribution in [-0.2, 0) is 0 Å². The largest absolute Gasteiger partial charge is 0.389 e. The van der Waals surface area contributed by atoms with Gasteiger partial charge < -0.3 is 11.1 Å². The molecule has 0 aliphatic heterocycles. The standard InChI is InChI=1S/C13H15BrN4S/c1-8(2)18-7-10(6-16-18)17-12-4-3-9(13(15)19)5-11(12)14/h3-8,17H,1-2H3,(H2,15,19). The summed E-state index contributed by atoms with van der Waals surface area (Å²) in [4.78, 5) is 0.389. The molecule has 3 N–H and O–H groups in total. The zero-order valence-electron chi connectivity index (χ0n) is 10.7. The van der Waals surface area contributed by atoms with Crippen molar-refractivity contribution in [1.82, 2.24) is 9.78 Å². The first-order valence-electron chi connectivity index (χ1n) is 5.88. The average molecular weight is 339 g/mol. The van der Waals surface area contributed by atoms with E-state index < -0.39 is 0 Å². The summed E-state index contributed by atoms with van der Waals surface area (Å²) in [7, 11) is 0. The van der Waals surface area contributed by atoms with Crippen LogP contribution >= 0.6 is 28.1 Å². The predicted molar refractivity (Wildman–Crippen MR) is 85.9 cm³/mol. The minimum atomic E-state index is 0.344. The zero-order valence-corrected chi connectivity index (χ0v) is 13.1. The van der Waals surface area contributed by atoms with E-state index in [0.29, 0.717) is 11.0 Å². The van der Waals surface area contributed by atoms with Crippen LogP contribution in [0.4, 0.5) is 11.4 Å². The maximum atomic E-state index is 5.60. The number of benzene rings is 1. The fourth-order valence-electron chi connectivity index (χ4n) is 1.61. The molecule has 19 heavy (non-hydrogen) atoms. The molecule has 0 bridgehead atoms. The Morgan fingerprint density at radius 1 is 1.47 bits per heavy atom. The van der Waals surface area contributed by atoms with Crippen LogP contribution in [0.1, 0.15) is 25.5 Å². The predicted octanol–water partition coefficient (Wildman–Crippen LogP) is 3.60. The van der Waals surface area contributed by atoms with Crippen molar-refractivity contribution in [3.05, 3.63) is 40.6 Å². The Hall–Kier alpha value is -1.40. The molecule has 0 saturated carbocycles. The molecule has 1 aromatic carbocycles. The maximum absolute atomic E-state index is 5.60. The van der Waals surface area contributed by atoms with E-state index in [2.05, 4.69) is 40.2 Å². The van der Waals surface area contributed by atoms with E-state index in [0.717, 1.165) is 21.4 Å². The SMILES string of the molecule is CC(C)n1cc(Nc2ccc(C(N)=S)cc2Br)cn1. The van der Waals surface area contributed by atoms with Crippen LogP contribution in [0, 0.1) is 0 Å². The fraction of sp³-hybridized carbons (Fsp3) is 0.231. The van der Waals surface area contributed by atoms with Gasteiger partial charge in [-0.15, -0.1) is 0 Å². The highest BCUT2D eigenvalue weighted by molar-refractivity contribution is 9.10. The Balaban J connectivity index is 2.20. The molecule has 1 aromatic heterocycles. The first kappa shape index (κ1) is 14.0. The second-order valence-electron chi connectivity index (χ2n) is 4.49. The fourth-order valence-corrected chi connectivity index (χ4v) is 2.22. The molecule has 2 rings (SSSR count). The lowest BCUT2D eigenvalue weighted by molar-refractivity contribution is 0.532. The summed E-state index contributed by atoms with van der Waals surface area (Å²) in [5.41, 5.74) is 8.33. The van der Waals surface area contributed by atoms with E-state index in [-0.39, 0.29) is 0 Å². The number of rotatable bonds is 4. The van der Waals surface area contributed by atoms with E-state index >= 15 is 0 Å². The number of hydrogen-bond donors (Lipinski definition) is 2. The number of anilines is 2. The monoisotopic (exact) mass is 338 g/mol. The molecular weight excluding hydrogens is 324 g/mol. The number of nitrogens with two attached hydrogens (primary N) is 1. The van der Waals surface area contributed by atoms with Crippen molar-refractivity contribution in [2.75, 3.05) is 5.32 Å². The molecule has 0 unspecified atom stereocenters. The van der Waals surface area contributed by atoms with Gasteiger partial charge in [-0.1, -0.05) is 12.2 Å². The van der Waals surface area contributed by atoms with E-state index in [1.807, 2.05) is 29.1 Å². The van der Waals surface area contributed by atoms with Crippen LogP contribution in [0.3, 0.4) is 0 Å². The third kappa shape index (κ3) is 3.33. The van der Waals surface area contributed by atoms with Crippen molar-refractivity contribution in [2.45, 2.75) is 19.9 Å².